The highest BCUT2D eigenvalue weighted by Gasteiger charge is 2.19. The number of nitrogens with zero attached hydrogens (tertiary/aromatic N) is 3. The first kappa shape index (κ1) is 14.5. The first-order valence-electron chi connectivity index (χ1n) is 6.08. The summed E-state index contributed by atoms with van der Waals surface area (Å²) >= 11 is 0. The van der Waals surface area contributed by atoms with Gasteiger partial charge in [-0.1, -0.05) is 12.1 Å². The number of nitrogen functional groups attached to an aromatic ring is 2. The van der Waals surface area contributed by atoms with Crippen LogP contribution in [0.5, 0.6) is 0 Å². The van der Waals surface area contributed by atoms with Crippen LogP contribution in [-0.4, -0.2) is 30.1 Å². The van der Waals surface area contributed by atoms with E-state index in [0.717, 1.165) is 0 Å². The fourth-order valence-electron chi connectivity index (χ4n) is 1.93. The third kappa shape index (κ3) is 2.70. The lowest BCUT2D eigenvalue weighted by Gasteiger charge is -2.22. The summed E-state index contributed by atoms with van der Waals surface area (Å²) in [5, 5.41) is 0. The highest BCUT2D eigenvalue weighted by molar-refractivity contribution is 5.97. The van der Waals surface area contributed by atoms with E-state index in [1.54, 1.807) is 36.2 Å². The number of anilines is 4. The highest BCUT2D eigenvalue weighted by atomic mass is 16.5. The molecule has 0 radical (unpaired) electrons. The van der Waals surface area contributed by atoms with Crippen LogP contribution in [0, 0.1) is 0 Å². The molecule has 1 aromatic heterocycles. The minimum absolute atomic E-state index is 0.280. The molecular weight excluding hydrogens is 272 g/mol. The van der Waals surface area contributed by atoms with Crippen molar-refractivity contribution < 1.29 is 9.53 Å². The fourth-order valence-corrected chi connectivity index (χ4v) is 1.93. The number of benzene rings is 1. The van der Waals surface area contributed by atoms with E-state index in [1.807, 2.05) is 0 Å². The molecule has 0 saturated heterocycles. The van der Waals surface area contributed by atoms with E-state index in [-0.39, 0.29) is 5.69 Å². The van der Waals surface area contributed by atoms with Crippen molar-refractivity contribution in [3.63, 3.8) is 0 Å². The summed E-state index contributed by atoms with van der Waals surface area (Å²) in [4.78, 5) is 21.6. The molecule has 0 atom stereocenters. The Kier molecular flexibility index (Phi) is 4.19. The quantitative estimate of drug-likeness (QED) is 0.431. The lowest BCUT2D eigenvalue weighted by molar-refractivity contribution is 0.0601. The second-order valence-corrected chi connectivity index (χ2v) is 4.17. The number of methoxy groups -OCH3 is 1. The minimum Gasteiger partial charge on any atom is -0.465 e. The van der Waals surface area contributed by atoms with Gasteiger partial charge in [0.05, 0.1) is 18.4 Å². The van der Waals surface area contributed by atoms with Crippen LogP contribution >= 0.6 is 0 Å². The van der Waals surface area contributed by atoms with E-state index < -0.39 is 5.97 Å². The predicted octanol–water partition coefficient (Wildman–Crippen LogP) is 0.899. The standard InChI is InChI=1S/C13H16N6O2/c1-19(12-10(14)11(18-15)16-7-17-12)9-6-4-3-5-8(9)13(20)21-2/h3-7H,14-15H2,1-2H3,(H,16,17,18). The number of carbonyl (C=O) groups is 1. The molecule has 0 spiro atoms. The fraction of sp³-hybridized carbons (Fsp3) is 0.154. The first-order chi connectivity index (χ1) is 10.1. The van der Waals surface area contributed by atoms with Gasteiger partial charge >= 0.3 is 5.97 Å². The Labute approximate surface area is 121 Å². The number of aromatic nitrogens is 2. The van der Waals surface area contributed by atoms with Gasteiger partial charge in [-0.25, -0.2) is 20.6 Å². The van der Waals surface area contributed by atoms with Gasteiger partial charge in [0, 0.05) is 7.05 Å². The monoisotopic (exact) mass is 288 g/mol. The Morgan fingerprint density at radius 1 is 1.33 bits per heavy atom. The zero-order valence-corrected chi connectivity index (χ0v) is 11.7. The molecule has 2 rings (SSSR count). The lowest BCUT2D eigenvalue weighted by Crippen LogP contribution is -2.19. The summed E-state index contributed by atoms with van der Waals surface area (Å²) in [6, 6.07) is 6.98. The maximum absolute atomic E-state index is 11.8. The molecule has 0 saturated carbocycles. The Bertz CT molecular complexity index is 661. The van der Waals surface area contributed by atoms with Crippen molar-refractivity contribution in [2.24, 2.45) is 5.84 Å². The van der Waals surface area contributed by atoms with Crippen LogP contribution in [0.15, 0.2) is 30.6 Å². The molecule has 0 amide bonds. The second-order valence-electron chi connectivity index (χ2n) is 4.17. The first-order valence-corrected chi connectivity index (χ1v) is 6.08. The van der Waals surface area contributed by atoms with Crippen LogP contribution in [-0.2, 0) is 4.74 Å². The summed E-state index contributed by atoms with van der Waals surface area (Å²) < 4.78 is 4.78. The van der Waals surface area contributed by atoms with Crippen LogP contribution in [0.4, 0.5) is 23.0 Å². The Morgan fingerprint density at radius 2 is 2.05 bits per heavy atom. The van der Waals surface area contributed by atoms with Crippen LogP contribution in [0.3, 0.4) is 0 Å². The average molecular weight is 288 g/mol. The number of ether oxygens (including phenoxy) is 1. The van der Waals surface area contributed by atoms with Gasteiger partial charge in [-0.05, 0) is 12.1 Å². The van der Waals surface area contributed by atoms with Gasteiger partial charge in [0.2, 0.25) is 0 Å². The summed E-state index contributed by atoms with van der Waals surface area (Å²) in [5.41, 5.74) is 9.66. The zero-order chi connectivity index (χ0) is 15.4. The topological polar surface area (TPSA) is 119 Å². The average Bonchev–Trinajstić information content (AvgIpc) is 2.53. The molecule has 21 heavy (non-hydrogen) atoms. The van der Waals surface area contributed by atoms with Crippen molar-refractivity contribution in [2.45, 2.75) is 0 Å². The molecular formula is C13H16N6O2. The van der Waals surface area contributed by atoms with E-state index in [4.69, 9.17) is 16.3 Å². The van der Waals surface area contributed by atoms with Crippen molar-refractivity contribution in [2.75, 3.05) is 30.2 Å². The third-order valence-electron chi connectivity index (χ3n) is 2.99. The predicted molar refractivity (Wildman–Crippen MR) is 80.1 cm³/mol. The molecule has 1 heterocycles. The number of hydrogen-bond donors (Lipinski definition) is 3. The van der Waals surface area contributed by atoms with Gasteiger partial charge in [-0.3, -0.25) is 0 Å². The van der Waals surface area contributed by atoms with E-state index in [2.05, 4.69) is 15.4 Å². The van der Waals surface area contributed by atoms with Gasteiger partial charge in [-0.2, -0.15) is 0 Å². The normalized spacial score (nSPS) is 10.0. The van der Waals surface area contributed by atoms with Gasteiger partial charge in [0.15, 0.2) is 11.6 Å². The molecule has 8 nitrogen and oxygen atoms in total. The SMILES string of the molecule is COC(=O)c1ccccc1N(C)c1ncnc(NN)c1N. The van der Waals surface area contributed by atoms with E-state index in [0.29, 0.717) is 22.9 Å². The van der Waals surface area contributed by atoms with Gasteiger partial charge in [0.25, 0.3) is 0 Å². The molecule has 2 aromatic rings. The second kappa shape index (κ2) is 6.06. The number of nitrogens with two attached hydrogens (primary N) is 2. The van der Waals surface area contributed by atoms with E-state index >= 15 is 0 Å². The van der Waals surface area contributed by atoms with E-state index in [9.17, 15) is 4.79 Å². The van der Waals surface area contributed by atoms with Crippen LogP contribution in [0.25, 0.3) is 0 Å². The summed E-state index contributed by atoms with van der Waals surface area (Å²) in [6.07, 6.45) is 1.33. The highest BCUT2D eigenvalue weighted by Crippen LogP contribution is 2.32. The zero-order valence-electron chi connectivity index (χ0n) is 11.7. The third-order valence-corrected chi connectivity index (χ3v) is 2.99. The smallest absolute Gasteiger partial charge is 0.339 e. The summed E-state index contributed by atoms with van der Waals surface area (Å²) in [5.74, 6) is 5.64. The molecule has 110 valence electrons. The van der Waals surface area contributed by atoms with Gasteiger partial charge in [-0.15, -0.1) is 0 Å². The Hall–Kier alpha value is -2.87. The number of para-hydroxylation sites is 1. The summed E-state index contributed by atoms with van der Waals surface area (Å²) in [7, 11) is 3.06. The van der Waals surface area contributed by atoms with E-state index in [1.165, 1.54) is 13.4 Å². The lowest BCUT2D eigenvalue weighted by atomic mass is 10.1. The number of hydrogen-bond acceptors (Lipinski definition) is 8. The molecule has 1 aromatic carbocycles. The van der Waals surface area contributed by atoms with Crippen LogP contribution < -0.4 is 21.9 Å². The molecule has 5 N–H and O–H groups in total. The number of rotatable bonds is 4. The minimum atomic E-state index is -0.442. The van der Waals surface area contributed by atoms with Gasteiger partial charge in [0.1, 0.15) is 12.0 Å². The molecule has 0 fully saturated rings. The molecule has 8 heteroatoms. The van der Waals surface area contributed by atoms with Crippen LogP contribution in [0.1, 0.15) is 10.4 Å². The number of hydrazine groups is 1. The van der Waals surface area contributed by atoms with Crippen molar-refractivity contribution in [1.82, 2.24) is 9.97 Å². The molecule has 0 aliphatic heterocycles. The summed E-state index contributed by atoms with van der Waals surface area (Å²) in [6.45, 7) is 0. The van der Waals surface area contributed by atoms with Gasteiger partial charge < -0.3 is 20.8 Å². The molecule has 0 aliphatic rings. The van der Waals surface area contributed by atoms with Crippen molar-refractivity contribution in [1.29, 1.82) is 0 Å². The molecule has 0 aliphatic carbocycles. The van der Waals surface area contributed by atoms with Crippen molar-refractivity contribution in [3.05, 3.63) is 36.2 Å². The molecule has 0 unspecified atom stereocenters. The number of esters is 1. The van der Waals surface area contributed by atoms with Crippen molar-refractivity contribution in [3.8, 4) is 0 Å². The number of carbonyl (C=O) groups excluding carboxylic acids is 1. The van der Waals surface area contributed by atoms with Crippen LogP contribution in [0.2, 0.25) is 0 Å². The Morgan fingerprint density at radius 3 is 2.71 bits per heavy atom. The maximum Gasteiger partial charge on any atom is 0.339 e. The Balaban J connectivity index is 2.50. The molecule has 0 bridgehead atoms. The largest absolute Gasteiger partial charge is 0.465 e. The number of nitrogens with one attached hydrogen (secondary N) is 1. The van der Waals surface area contributed by atoms with Crippen molar-refractivity contribution >= 4 is 29.0 Å². The maximum atomic E-state index is 11.8.